The lowest BCUT2D eigenvalue weighted by Gasteiger charge is -2.24. The van der Waals surface area contributed by atoms with Crippen LogP contribution in [-0.2, 0) is 10.8 Å². The molecule has 5 heteroatoms. The number of anilines is 2. The van der Waals surface area contributed by atoms with Gasteiger partial charge in [-0.05, 0) is 31.2 Å². The van der Waals surface area contributed by atoms with Crippen molar-refractivity contribution in [2.24, 2.45) is 0 Å². The molecule has 0 saturated heterocycles. The van der Waals surface area contributed by atoms with Gasteiger partial charge in [0.2, 0.25) is 0 Å². The Morgan fingerprint density at radius 1 is 1.05 bits per heavy atom. The van der Waals surface area contributed by atoms with Gasteiger partial charge in [-0.3, -0.25) is 9.11 Å². The number of benzene rings is 2. The standard InChI is InChI=1S/C17H20N2O2S/c1-14(22(2)21)13-18-17(20)19(15-9-5-3-6-10-15)16-11-7-4-8-12-16/h3-12,14H,13H2,1-2H3,(H,18,20)/t14-,22+/m1/s1. The van der Waals surface area contributed by atoms with Gasteiger partial charge in [0.25, 0.3) is 0 Å². The maximum atomic E-state index is 12.6. The third-order valence-corrected chi connectivity index (χ3v) is 4.64. The van der Waals surface area contributed by atoms with Crippen LogP contribution in [0.15, 0.2) is 60.7 Å². The van der Waals surface area contributed by atoms with Crippen LogP contribution in [-0.4, -0.2) is 28.3 Å². The lowest BCUT2D eigenvalue weighted by molar-refractivity contribution is 0.248. The van der Waals surface area contributed by atoms with Crippen LogP contribution in [0.4, 0.5) is 16.2 Å². The Hall–Kier alpha value is -2.14. The Morgan fingerprint density at radius 3 is 1.91 bits per heavy atom. The number of urea groups is 1. The van der Waals surface area contributed by atoms with Crippen LogP contribution in [0.25, 0.3) is 0 Å². The minimum Gasteiger partial charge on any atom is -0.336 e. The topological polar surface area (TPSA) is 49.4 Å². The zero-order chi connectivity index (χ0) is 15.9. The van der Waals surface area contributed by atoms with Gasteiger partial charge in [-0.1, -0.05) is 36.4 Å². The zero-order valence-electron chi connectivity index (χ0n) is 12.7. The summed E-state index contributed by atoms with van der Waals surface area (Å²) in [7, 11) is -0.962. The van der Waals surface area contributed by atoms with Crippen molar-refractivity contribution in [3.8, 4) is 0 Å². The van der Waals surface area contributed by atoms with Gasteiger partial charge >= 0.3 is 6.03 Å². The Morgan fingerprint density at radius 2 is 1.50 bits per heavy atom. The molecule has 4 nitrogen and oxygen atoms in total. The first-order valence-electron chi connectivity index (χ1n) is 7.10. The summed E-state index contributed by atoms with van der Waals surface area (Å²) >= 11 is 0. The molecule has 0 aromatic heterocycles. The molecule has 116 valence electrons. The van der Waals surface area contributed by atoms with Gasteiger partial charge < -0.3 is 5.32 Å². The molecule has 2 atom stereocenters. The Labute approximate surface area is 133 Å². The maximum Gasteiger partial charge on any atom is 0.326 e. The van der Waals surface area contributed by atoms with Gasteiger partial charge in [0, 0.05) is 28.9 Å². The number of amides is 2. The molecule has 0 heterocycles. The highest BCUT2D eigenvalue weighted by molar-refractivity contribution is 7.84. The van der Waals surface area contributed by atoms with E-state index in [1.54, 1.807) is 11.2 Å². The second-order valence-electron chi connectivity index (χ2n) is 5.00. The molecule has 0 unspecified atom stereocenters. The fourth-order valence-corrected chi connectivity index (χ4v) is 2.28. The lowest BCUT2D eigenvalue weighted by atomic mass is 10.2. The molecular formula is C17H20N2O2S. The predicted octanol–water partition coefficient (Wildman–Crippen LogP) is 3.30. The van der Waals surface area contributed by atoms with E-state index in [2.05, 4.69) is 5.32 Å². The Kier molecular flexibility index (Phi) is 5.72. The third kappa shape index (κ3) is 4.18. The van der Waals surface area contributed by atoms with Crippen LogP contribution >= 0.6 is 0 Å². The van der Waals surface area contributed by atoms with E-state index in [4.69, 9.17) is 0 Å². The normalized spacial score (nSPS) is 13.2. The van der Waals surface area contributed by atoms with Gasteiger partial charge in [0.05, 0.1) is 11.4 Å². The molecule has 2 rings (SSSR count). The summed E-state index contributed by atoms with van der Waals surface area (Å²) in [5, 5.41) is 2.77. The summed E-state index contributed by atoms with van der Waals surface area (Å²) in [4.78, 5) is 14.2. The van der Waals surface area contributed by atoms with E-state index >= 15 is 0 Å². The second kappa shape index (κ2) is 7.75. The lowest BCUT2D eigenvalue weighted by Crippen LogP contribution is -2.40. The first kappa shape index (κ1) is 16.2. The Bertz CT molecular complexity index is 592. The van der Waals surface area contributed by atoms with E-state index in [1.807, 2.05) is 67.6 Å². The molecule has 0 aliphatic rings. The molecule has 22 heavy (non-hydrogen) atoms. The number of nitrogens with one attached hydrogen (secondary N) is 1. The summed E-state index contributed by atoms with van der Waals surface area (Å²) in [6.45, 7) is 2.23. The molecule has 2 amide bonds. The zero-order valence-corrected chi connectivity index (χ0v) is 13.5. The van der Waals surface area contributed by atoms with Crippen molar-refractivity contribution < 1.29 is 9.00 Å². The highest BCUT2D eigenvalue weighted by atomic mass is 32.2. The van der Waals surface area contributed by atoms with Crippen molar-refractivity contribution in [2.75, 3.05) is 17.7 Å². The van der Waals surface area contributed by atoms with Crippen molar-refractivity contribution >= 4 is 28.2 Å². The number of para-hydroxylation sites is 2. The summed E-state index contributed by atoms with van der Waals surface area (Å²) in [6, 6.07) is 18.7. The minimum atomic E-state index is -0.962. The molecule has 0 spiro atoms. The summed E-state index contributed by atoms with van der Waals surface area (Å²) in [5.41, 5.74) is 1.58. The van der Waals surface area contributed by atoms with Gasteiger partial charge in [0.15, 0.2) is 0 Å². The molecule has 2 aromatic rings. The number of hydrogen-bond donors (Lipinski definition) is 1. The van der Waals surface area contributed by atoms with E-state index in [0.29, 0.717) is 6.54 Å². The van der Waals surface area contributed by atoms with Crippen LogP contribution in [0.3, 0.4) is 0 Å². The van der Waals surface area contributed by atoms with Crippen molar-refractivity contribution in [1.82, 2.24) is 5.32 Å². The van der Waals surface area contributed by atoms with Crippen molar-refractivity contribution in [1.29, 1.82) is 0 Å². The number of nitrogens with zero attached hydrogens (tertiary/aromatic N) is 1. The molecule has 0 aliphatic carbocycles. The van der Waals surface area contributed by atoms with Gasteiger partial charge in [-0.15, -0.1) is 0 Å². The van der Waals surface area contributed by atoms with E-state index < -0.39 is 10.8 Å². The van der Waals surface area contributed by atoms with Gasteiger partial charge in [-0.25, -0.2) is 4.79 Å². The third-order valence-electron chi connectivity index (χ3n) is 3.34. The van der Waals surface area contributed by atoms with Gasteiger partial charge in [0.1, 0.15) is 0 Å². The minimum absolute atomic E-state index is 0.0858. The molecule has 2 aromatic carbocycles. The summed E-state index contributed by atoms with van der Waals surface area (Å²) in [5.74, 6) is 0. The predicted molar refractivity (Wildman–Crippen MR) is 92.0 cm³/mol. The highest BCUT2D eigenvalue weighted by Gasteiger charge is 2.18. The fourth-order valence-electron chi connectivity index (χ4n) is 1.97. The van der Waals surface area contributed by atoms with E-state index in [0.717, 1.165) is 11.4 Å². The molecular weight excluding hydrogens is 296 g/mol. The SMILES string of the molecule is C[C@H](CNC(=O)N(c1ccccc1)c1ccccc1)[S@](C)=O. The van der Waals surface area contributed by atoms with Crippen LogP contribution in [0.5, 0.6) is 0 Å². The monoisotopic (exact) mass is 316 g/mol. The molecule has 0 aliphatic heterocycles. The maximum absolute atomic E-state index is 12.6. The molecule has 0 saturated carbocycles. The summed E-state index contributed by atoms with van der Waals surface area (Å²) in [6.07, 6.45) is 1.64. The van der Waals surface area contributed by atoms with Crippen LogP contribution in [0.1, 0.15) is 6.92 Å². The van der Waals surface area contributed by atoms with Crippen molar-refractivity contribution in [3.05, 3.63) is 60.7 Å². The van der Waals surface area contributed by atoms with E-state index in [1.165, 1.54) is 0 Å². The highest BCUT2D eigenvalue weighted by Crippen LogP contribution is 2.24. The fraction of sp³-hybridized carbons (Fsp3) is 0.235. The van der Waals surface area contributed by atoms with Gasteiger partial charge in [-0.2, -0.15) is 0 Å². The van der Waals surface area contributed by atoms with Crippen molar-refractivity contribution in [3.63, 3.8) is 0 Å². The van der Waals surface area contributed by atoms with E-state index in [-0.39, 0.29) is 11.3 Å². The first-order chi connectivity index (χ1) is 10.6. The molecule has 0 bridgehead atoms. The quantitative estimate of drug-likeness (QED) is 0.920. The first-order valence-corrected chi connectivity index (χ1v) is 8.72. The number of carbonyl (C=O) groups is 1. The average molecular weight is 316 g/mol. The smallest absolute Gasteiger partial charge is 0.326 e. The largest absolute Gasteiger partial charge is 0.336 e. The number of hydrogen-bond acceptors (Lipinski definition) is 2. The number of rotatable bonds is 5. The second-order valence-corrected chi connectivity index (χ2v) is 6.80. The molecule has 0 radical (unpaired) electrons. The Balaban J connectivity index is 2.22. The average Bonchev–Trinajstić information content (AvgIpc) is 2.54. The summed E-state index contributed by atoms with van der Waals surface area (Å²) < 4.78 is 11.4. The molecule has 1 N–H and O–H groups in total. The van der Waals surface area contributed by atoms with Crippen molar-refractivity contribution in [2.45, 2.75) is 12.2 Å². The number of carbonyl (C=O) groups excluding carboxylic acids is 1. The molecule has 0 fully saturated rings. The van der Waals surface area contributed by atoms with Crippen LogP contribution in [0.2, 0.25) is 0 Å². The van der Waals surface area contributed by atoms with E-state index in [9.17, 15) is 9.00 Å². The van der Waals surface area contributed by atoms with Crippen LogP contribution in [0, 0.1) is 0 Å². The van der Waals surface area contributed by atoms with Crippen LogP contribution < -0.4 is 10.2 Å².